The van der Waals surface area contributed by atoms with Crippen molar-refractivity contribution in [3.05, 3.63) is 59.7 Å². The maximum absolute atomic E-state index is 13.0. The van der Waals surface area contributed by atoms with Crippen LogP contribution in [0.1, 0.15) is 29.9 Å². The van der Waals surface area contributed by atoms with Crippen LogP contribution in [0.15, 0.2) is 48.5 Å². The van der Waals surface area contributed by atoms with Crippen LogP contribution < -0.4 is 5.32 Å². The van der Waals surface area contributed by atoms with Crippen LogP contribution in [0.25, 0.3) is 11.1 Å². The van der Waals surface area contributed by atoms with Crippen LogP contribution in [-0.4, -0.2) is 77.1 Å². The summed E-state index contributed by atoms with van der Waals surface area (Å²) in [7, 11) is 0. The molecule has 1 atom stereocenters. The Labute approximate surface area is 197 Å². The van der Waals surface area contributed by atoms with Crippen LogP contribution in [0.5, 0.6) is 0 Å². The topological polar surface area (TPSA) is 136 Å². The zero-order valence-electron chi connectivity index (χ0n) is 18.6. The van der Waals surface area contributed by atoms with E-state index in [9.17, 15) is 29.7 Å². The largest absolute Gasteiger partial charge is 0.481 e. The molecule has 1 aliphatic heterocycles. The third-order valence-electron chi connectivity index (χ3n) is 6.73. The second-order valence-electron chi connectivity index (χ2n) is 8.95. The minimum absolute atomic E-state index is 0.0374. The van der Waals surface area contributed by atoms with Gasteiger partial charge in [0.15, 0.2) is 0 Å². The van der Waals surface area contributed by atoms with Crippen molar-refractivity contribution in [2.24, 2.45) is 5.41 Å². The molecule has 1 heterocycles. The number of nitrogens with zero attached hydrogens (tertiary/aromatic N) is 1. The summed E-state index contributed by atoms with van der Waals surface area (Å²) < 4.78 is 5.45. The summed E-state index contributed by atoms with van der Waals surface area (Å²) >= 11 is 0. The second kappa shape index (κ2) is 9.82. The molecule has 2 amide bonds. The van der Waals surface area contributed by atoms with E-state index in [4.69, 9.17) is 4.74 Å². The van der Waals surface area contributed by atoms with Gasteiger partial charge in [-0.2, -0.15) is 0 Å². The molecule has 0 saturated carbocycles. The van der Waals surface area contributed by atoms with Crippen molar-refractivity contribution in [3.63, 3.8) is 0 Å². The molecule has 0 radical (unpaired) electrons. The zero-order chi connectivity index (χ0) is 24.3. The lowest BCUT2D eigenvalue weighted by Crippen LogP contribution is -2.50. The van der Waals surface area contributed by atoms with Crippen molar-refractivity contribution in [3.8, 4) is 11.1 Å². The maximum atomic E-state index is 13.0. The highest BCUT2D eigenvalue weighted by molar-refractivity contribution is 5.89. The quantitative estimate of drug-likeness (QED) is 0.462. The number of ether oxygens (including phenoxy) is 1. The molecule has 34 heavy (non-hydrogen) atoms. The van der Waals surface area contributed by atoms with Crippen molar-refractivity contribution in [2.45, 2.75) is 24.8 Å². The number of amides is 2. The number of hydrogen-bond acceptors (Lipinski definition) is 6. The average molecular weight is 469 g/mol. The van der Waals surface area contributed by atoms with E-state index in [1.54, 1.807) is 0 Å². The Kier molecular flexibility index (Phi) is 6.85. The Morgan fingerprint density at radius 1 is 1.03 bits per heavy atom. The van der Waals surface area contributed by atoms with E-state index >= 15 is 0 Å². The smallest absolute Gasteiger partial charge is 0.407 e. The number of aliphatic hydroxyl groups is 2. The van der Waals surface area contributed by atoms with E-state index in [1.807, 2.05) is 48.5 Å². The number of aliphatic hydroxyl groups excluding tert-OH is 2. The number of hydrogen-bond donors (Lipinski definition) is 4. The van der Waals surface area contributed by atoms with Crippen molar-refractivity contribution >= 4 is 18.0 Å². The summed E-state index contributed by atoms with van der Waals surface area (Å²) in [5.41, 5.74) is 3.41. The summed E-state index contributed by atoms with van der Waals surface area (Å²) in [4.78, 5) is 38.3. The summed E-state index contributed by atoms with van der Waals surface area (Å²) in [6.45, 7) is -0.215. The van der Waals surface area contributed by atoms with Crippen molar-refractivity contribution in [2.75, 3.05) is 32.9 Å². The van der Waals surface area contributed by atoms with Gasteiger partial charge in [0.2, 0.25) is 5.91 Å². The number of carbonyl (C=O) groups excluding carboxylic acids is 2. The van der Waals surface area contributed by atoms with E-state index in [1.165, 1.54) is 4.90 Å². The molecule has 2 aromatic carbocycles. The summed E-state index contributed by atoms with van der Waals surface area (Å²) in [5.74, 6) is -1.99. The Balaban J connectivity index is 1.42. The molecule has 4 rings (SSSR count). The van der Waals surface area contributed by atoms with Crippen LogP contribution in [0.4, 0.5) is 4.79 Å². The molecule has 1 saturated heterocycles. The molecule has 1 aliphatic carbocycles. The third-order valence-corrected chi connectivity index (χ3v) is 6.73. The molecule has 2 aliphatic rings. The first-order valence-corrected chi connectivity index (χ1v) is 11.2. The average Bonchev–Trinajstić information content (AvgIpc) is 3.42. The van der Waals surface area contributed by atoms with E-state index < -0.39 is 35.8 Å². The molecule has 9 nitrogen and oxygen atoms in total. The van der Waals surface area contributed by atoms with Gasteiger partial charge in [-0.15, -0.1) is 0 Å². The highest BCUT2D eigenvalue weighted by Crippen LogP contribution is 2.44. The minimum Gasteiger partial charge on any atom is -0.481 e. The number of likely N-dealkylation sites (tertiary alicyclic amines) is 1. The fourth-order valence-electron chi connectivity index (χ4n) is 4.81. The van der Waals surface area contributed by atoms with Crippen LogP contribution in [0.2, 0.25) is 0 Å². The van der Waals surface area contributed by atoms with Gasteiger partial charge in [-0.25, -0.2) is 4.79 Å². The normalized spacial score (nSPS) is 17.1. The van der Waals surface area contributed by atoms with Gasteiger partial charge < -0.3 is 30.3 Å². The number of carbonyl (C=O) groups is 3. The third kappa shape index (κ3) is 4.62. The predicted octanol–water partition coefficient (Wildman–Crippen LogP) is 1.57. The summed E-state index contributed by atoms with van der Waals surface area (Å²) in [5, 5.41) is 30.8. The molecule has 180 valence electrons. The number of fused-ring (bicyclic) bond motifs is 3. The molecule has 0 aromatic heterocycles. The minimum atomic E-state index is -1.32. The first kappa shape index (κ1) is 23.7. The van der Waals surface area contributed by atoms with E-state index in [-0.39, 0.29) is 38.8 Å². The molecular weight excluding hydrogens is 440 g/mol. The van der Waals surface area contributed by atoms with Gasteiger partial charge in [0.1, 0.15) is 12.6 Å². The molecule has 4 N–H and O–H groups in total. The lowest BCUT2D eigenvalue weighted by molar-refractivity contribution is -0.142. The first-order chi connectivity index (χ1) is 16.4. The fourth-order valence-corrected chi connectivity index (χ4v) is 4.81. The number of carboxylic acids is 1. The predicted molar refractivity (Wildman–Crippen MR) is 122 cm³/mol. The lowest BCUT2D eigenvalue weighted by Gasteiger charge is -2.27. The Morgan fingerprint density at radius 3 is 2.15 bits per heavy atom. The fraction of sp³-hybridized carbons (Fsp3) is 0.400. The second-order valence-corrected chi connectivity index (χ2v) is 8.95. The van der Waals surface area contributed by atoms with Gasteiger partial charge in [0, 0.05) is 24.4 Å². The van der Waals surface area contributed by atoms with Crippen LogP contribution in [0, 0.1) is 5.41 Å². The molecule has 0 spiro atoms. The number of nitrogens with one attached hydrogen (secondary N) is 1. The first-order valence-electron chi connectivity index (χ1n) is 11.2. The highest BCUT2D eigenvalue weighted by Gasteiger charge is 2.41. The van der Waals surface area contributed by atoms with Gasteiger partial charge in [-0.1, -0.05) is 48.5 Å². The van der Waals surface area contributed by atoms with Crippen LogP contribution in [-0.2, 0) is 14.3 Å². The SMILES string of the molecule is O=C(O)CC(NC(=O)OCC1c2ccccc2-c2ccccc21)C(=O)N1CCC(CO)(CO)C1. The van der Waals surface area contributed by atoms with Gasteiger partial charge in [0.05, 0.1) is 19.6 Å². The molecule has 1 unspecified atom stereocenters. The molecule has 1 fully saturated rings. The molecule has 9 heteroatoms. The molecular formula is C25H28N2O7. The Bertz CT molecular complexity index is 1040. The summed E-state index contributed by atoms with van der Waals surface area (Å²) in [6.07, 6.45) is -1.10. The van der Waals surface area contributed by atoms with E-state index in [2.05, 4.69) is 5.32 Å². The molecule has 2 aromatic rings. The van der Waals surface area contributed by atoms with Crippen LogP contribution in [0.3, 0.4) is 0 Å². The van der Waals surface area contributed by atoms with Gasteiger partial charge >= 0.3 is 12.1 Å². The number of aliphatic carboxylic acids is 1. The monoisotopic (exact) mass is 468 g/mol. The Morgan fingerprint density at radius 2 is 1.62 bits per heavy atom. The Hall–Kier alpha value is -3.43. The molecule has 0 bridgehead atoms. The van der Waals surface area contributed by atoms with E-state index in [0.717, 1.165) is 22.3 Å². The van der Waals surface area contributed by atoms with Gasteiger partial charge in [-0.3, -0.25) is 9.59 Å². The number of carboxylic acid groups (broad SMARTS) is 1. The van der Waals surface area contributed by atoms with E-state index in [0.29, 0.717) is 6.42 Å². The lowest BCUT2D eigenvalue weighted by atomic mass is 9.89. The van der Waals surface area contributed by atoms with Gasteiger partial charge in [-0.05, 0) is 28.7 Å². The van der Waals surface area contributed by atoms with Crippen molar-refractivity contribution < 1.29 is 34.4 Å². The standard InChI is InChI=1S/C25H28N2O7/c28-14-25(15-29)9-10-27(13-25)23(32)21(11-22(30)31)26-24(33)34-12-20-18-7-3-1-5-16(18)17-6-2-4-8-19(17)20/h1-8,20-21,28-29H,9-15H2,(H,26,33)(H,30,31). The number of benzene rings is 2. The zero-order valence-corrected chi connectivity index (χ0v) is 18.6. The van der Waals surface area contributed by atoms with Crippen molar-refractivity contribution in [1.82, 2.24) is 10.2 Å². The number of rotatable bonds is 8. The highest BCUT2D eigenvalue weighted by atomic mass is 16.5. The maximum Gasteiger partial charge on any atom is 0.407 e. The van der Waals surface area contributed by atoms with Gasteiger partial charge in [0.25, 0.3) is 0 Å². The van der Waals surface area contributed by atoms with Crippen molar-refractivity contribution in [1.29, 1.82) is 0 Å². The number of alkyl carbamates (subject to hydrolysis) is 1. The summed E-state index contributed by atoms with van der Waals surface area (Å²) in [6, 6.07) is 14.4. The van der Waals surface area contributed by atoms with Crippen LogP contribution >= 0.6 is 0 Å².